The van der Waals surface area contributed by atoms with E-state index in [0.29, 0.717) is 6.04 Å². The summed E-state index contributed by atoms with van der Waals surface area (Å²) < 4.78 is 0. The van der Waals surface area contributed by atoms with E-state index in [-0.39, 0.29) is 0 Å². The van der Waals surface area contributed by atoms with Crippen LogP contribution in [0.3, 0.4) is 0 Å². The summed E-state index contributed by atoms with van der Waals surface area (Å²) in [5.74, 6) is 0. The van der Waals surface area contributed by atoms with Crippen molar-refractivity contribution < 1.29 is 0 Å². The van der Waals surface area contributed by atoms with Crippen molar-refractivity contribution in [2.24, 2.45) is 0 Å². The molecule has 1 aliphatic heterocycles. The van der Waals surface area contributed by atoms with Gasteiger partial charge in [-0.2, -0.15) is 0 Å². The molecule has 4 nitrogen and oxygen atoms in total. The fraction of sp³-hybridized carbons (Fsp3) is 1.00. The summed E-state index contributed by atoms with van der Waals surface area (Å²) in [4.78, 5) is 4.57. The molecule has 0 aliphatic carbocycles. The first-order chi connectivity index (χ1) is 6.68. The molecule has 0 radical (unpaired) electrons. The highest BCUT2D eigenvalue weighted by atomic mass is 15.4. The Kier molecular flexibility index (Phi) is 5.40. The van der Waals surface area contributed by atoms with E-state index >= 15 is 0 Å². The quantitative estimate of drug-likeness (QED) is 0.473. The summed E-state index contributed by atoms with van der Waals surface area (Å²) in [6.07, 6.45) is 2.60. The lowest BCUT2D eigenvalue weighted by Gasteiger charge is -2.30. The summed E-state index contributed by atoms with van der Waals surface area (Å²) >= 11 is 0. The topological polar surface area (TPSA) is 30.5 Å². The molecule has 1 fully saturated rings. The minimum absolute atomic E-state index is 0.621. The molecule has 1 aliphatic rings. The lowest BCUT2D eigenvalue weighted by molar-refractivity contribution is 0.212. The van der Waals surface area contributed by atoms with Gasteiger partial charge in [0.1, 0.15) is 0 Å². The number of likely N-dealkylation sites (N-methyl/N-ethyl adjacent to an activating group) is 2. The zero-order valence-electron chi connectivity index (χ0n) is 9.71. The zero-order valence-corrected chi connectivity index (χ0v) is 9.71. The van der Waals surface area contributed by atoms with Gasteiger partial charge in [0.2, 0.25) is 0 Å². The number of likely N-dealkylation sites (tertiary alicyclic amines) is 1. The Morgan fingerprint density at radius 1 is 1.43 bits per heavy atom. The Morgan fingerprint density at radius 3 is 2.86 bits per heavy atom. The van der Waals surface area contributed by atoms with Crippen molar-refractivity contribution in [1.29, 1.82) is 0 Å². The molecule has 0 aromatic heterocycles. The van der Waals surface area contributed by atoms with E-state index in [2.05, 4.69) is 41.8 Å². The predicted octanol–water partition coefficient (Wildman–Crippen LogP) is -0.264. The molecule has 1 rings (SSSR count). The molecular formula is C10H24N4. The Balaban J connectivity index is 2.00. The summed E-state index contributed by atoms with van der Waals surface area (Å²) in [5, 5.41) is 0. The normalized spacial score (nSPS) is 24.4. The Bertz CT molecular complexity index is 149. The maximum absolute atomic E-state index is 3.39. The van der Waals surface area contributed by atoms with Crippen molar-refractivity contribution in [2.75, 3.05) is 47.3 Å². The van der Waals surface area contributed by atoms with Crippen LogP contribution >= 0.6 is 0 Å². The summed E-state index contributed by atoms with van der Waals surface area (Å²) in [5.41, 5.74) is 6.68. The third-order valence-electron chi connectivity index (χ3n) is 2.61. The first-order valence-corrected chi connectivity index (χ1v) is 5.50. The van der Waals surface area contributed by atoms with Gasteiger partial charge in [0.05, 0.1) is 0 Å². The van der Waals surface area contributed by atoms with Crippen molar-refractivity contribution in [1.82, 2.24) is 20.7 Å². The van der Waals surface area contributed by atoms with Crippen LogP contribution in [-0.4, -0.2) is 63.2 Å². The number of nitrogens with zero attached hydrogens (tertiary/aromatic N) is 2. The third-order valence-corrected chi connectivity index (χ3v) is 2.61. The Hall–Kier alpha value is -0.160. The van der Waals surface area contributed by atoms with Crippen LogP contribution in [0.25, 0.3) is 0 Å². The van der Waals surface area contributed by atoms with Gasteiger partial charge in [0.15, 0.2) is 0 Å². The smallest absolute Gasteiger partial charge is 0.0340 e. The molecule has 4 heteroatoms. The van der Waals surface area contributed by atoms with E-state index < -0.39 is 0 Å². The minimum Gasteiger partial charge on any atom is -0.308 e. The number of nitrogens with one attached hydrogen (secondary N) is 2. The SMILES string of the molecule is CN(C)CCNN[C@H]1CCCN(C)C1. The van der Waals surface area contributed by atoms with E-state index in [9.17, 15) is 0 Å². The van der Waals surface area contributed by atoms with Gasteiger partial charge in [0, 0.05) is 25.7 Å². The fourth-order valence-electron chi connectivity index (χ4n) is 1.78. The second kappa shape index (κ2) is 6.35. The van der Waals surface area contributed by atoms with Gasteiger partial charge < -0.3 is 9.80 Å². The van der Waals surface area contributed by atoms with Crippen LogP contribution in [0.4, 0.5) is 0 Å². The molecule has 1 atom stereocenters. The molecule has 0 amide bonds. The number of rotatable bonds is 5. The van der Waals surface area contributed by atoms with Gasteiger partial charge in [-0.15, -0.1) is 0 Å². The fourth-order valence-corrected chi connectivity index (χ4v) is 1.78. The maximum atomic E-state index is 3.39. The molecule has 0 bridgehead atoms. The number of hydrogen-bond acceptors (Lipinski definition) is 4. The number of hydrazine groups is 1. The average Bonchev–Trinajstić information content (AvgIpc) is 2.12. The molecule has 0 saturated carbocycles. The monoisotopic (exact) mass is 200 g/mol. The third kappa shape index (κ3) is 4.91. The van der Waals surface area contributed by atoms with Crippen molar-refractivity contribution in [2.45, 2.75) is 18.9 Å². The van der Waals surface area contributed by atoms with Crippen LogP contribution in [0.1, 0.15) is 12.8 Å². The molecule has 0 spiro atoms. The van der Waals surface area contributed by atoms with E-state index in [4.69, 9.17) is 0 Å². The largest absolute Gasteiger partial charge is 0.308 e. The van der Waals surface area contributed by atoms with Crippen LogP contribution in [0.5, 0.6) is 0 Å². The van der Waals surface area contributed by atoms with Gasteiger partial charge >= 0.3 is 0 Å². The van der Waals surface area contributed by atoms with Crippen molar-refractivity contribution in [3.63, 3.8) is 0 Å². The lowest BCUT2D eigenvalue weighted by Crippen LogP contribution is -2.50. The number of piperidine rings is 1. The average molecular weight is 200 g/mol. The standard InChI is InChI=1S/C10H24N4/c1-13(2)8-6-11-12-10-5-4-7-14(3)9-10/h10-12H,4-9H2,1-3H3/t10-/m0/s1. The maximum Gasteiger partial charge on any atom is 0.0340 e. The molecule has 84 valence electrons. The van der Waals surface area contributed by atoms with Crippen LogP contribution in [0, 0.1) is 0 Å². The van der Waals surface area contributed by atoms with Crippen molar-refractivity contribution in [3.8, 4) is 0 Å². The highest BCUT2D eigenvalue weighted by molar-refractivity contribution is 4.74. The Labute approximate surface area is 87.6 Å². The van der Waals surface area contributed by atoms with Gasteiger partial charge in [0.25, 0.3) is 0 Å². The summed E-state index contributed by atoms with van der Waals surface area (Å²) in [6, 6.07) is 0.621. The molecular weight excluding hydrogens is 176 g/mol. The van der Waals surface area contributed by atoms with E-state index in [0.717, 1.165) is 19.6 Å². The van der Waals surface area contributed by atoms with Crippen LogP contribution in [0.15, 0.2) is 0 Å². The van der Waals surface area contributed by atoms with Gasteiger partial charge in [-0.3, -0.25) is 10.9 Å². The minimum atomic E-state index is 0.621. The molecule has 0 aromatic rings. The molecule has 1 saturated heterocycles. The van der Waals surface area contributed by atoms with Crippen LogP contribution in [0.2, 0.25) is 0 Å². The first kappa shape index (κ1) is 11.9. The highest BCUT2D eigenvalue weighted by Crippen LogP contribution is 2.06. The summed E-state index contributed by atoms with van der Waals surface area (Å²) in [7, 11) is 6.37. The van der Waals surface area contributed by atoms with Gasteiger partial charge in [-0.25, -0.2) is 0 Å². The first-order valence-electron chi connectivity index (χ1n) is 5.50. The molecule has 14 heavy (non-hydrogen) atoms. The van der Waals surface area contributed by atoms with E-state index in [1.165, 1.54) is 19.4 Å². The zero-order chi connectivity index (χ0) is 10.4. The molecule has 2 N–H and O–H groups in total. The van der Waals surface area contributed by atoms with Crippen molar-refractivity contribution >= 4 is 0 Å². The van der Waals surface area contributed by atoms with Crippen LogP contribution < -0.4 is 10.9 Å². The van der Waals surface area contributed by atoms with E-state index in [1.807, 2.05) is 0 Å². The van der Waals surface area contributed by atoms with Crippen LogP contribution in [-0.2, 0) is 0 Å². The predicted molar refractivity (Wildman–Crippen MR) is 60.2 cm³/mol. The molecule has 0 aromatic carbocycles. The second-order valence-corrected chi connectivity index (χ2v) is 4.48. The van der Waals surface area contributed by atoms with Crippen molar-refractivity contribution in [3.05, 3.63) is 0 Å². The number of hydrogen-bond donors (Lipinski definition) is 2. The summed E-state index contributed by atoms with van der Waals surface area (Å²) in [6.45, 7) is 4.49. The Morgan fingerprint density at radius 2 is 2.21 bits per heavy atom. The highest BCUT2D eigenvalue weighted by Gasteiger charge is 2.15. The second-order valence-electron chi connectivity index (χ2n) is 4.48. The lowest BCUT2D eigenvalue weighted by atomic mass is 10.1. The molecule has 0 unspecified atom stereocenters. The van der Waals surface area contributed by atoms with Gasteiger partial charge in [-0.1, -0.05) is 0 Å². The molecule has 1 heterocycles. The van der Waals surface area contributed by atoms with Gasteiger partial charge in [-0.05, 0) is 40.5 Å². The van der Waals surface area contributed by atoms with E-state index in [1.54, 1.807) is 0 Å².